The van der Waals surface area contributed by atoms with Crippen molar-refractivity contribution in [3.8, 4) is 5.75 Å². The topological polar surface area (TPSA) is 58.6 Å². The van der Waals surface area contributed by atoms with Crippen molar-refractivity contribution in [2.45, 2.75) is 12.5 Å². The van der Waals surface area contributed by atoms with E-state index in [1.807, 2.05) is 18.2 Å². The predicted molar refractivity (Wildman–Crippen MR) is 81.3 cm³/mol. The number of ether oxygens (including phenoxy) is 1. The molecule has 0 aromatic heterocycles. The average Bonchev–Trinajstić information content (AvgIpc) is 2.53. The molecule has 116 valence electrons. The molecular weight excluding hydrogens is 285 g/mol. The summed E-state index contributed by atoms with van der Waals surface area (Å²) in [6.07, 6.45) is 0. The van der Waals surface area contributed by atoms with Crippen LogP contribution in [-0.2, 0) is 5.60 Å². The molecule has 0 aliphatic heterocycles. The Bertz CT molecular complexity index is 656. The molecule has 0 saturated heterocycles. The van der Waals surface area contributed by atoms with Gasteiger partial charge in [0.2, 0.25) is 0 Å². The molecule has 0 heterocycles. The number of rotatable bonds is 5. The molecule has 1 amide bonds. The largest absolute Gasteiger partial charge is 0.494 e. The molecule has 0 spiro atoms. The Labute approximate surface area is 128 Å². The van der Waals surface area contributed by atoms with Crippen molar-refractivity contribution >= 4 is 5.91 Å². The fourth-order valence-corrected chi connectivity index (χ4v) is 2.06. The summed E-state index contributed by atoms with van der Waals surface area (Å²) in [5.41, 5.74) is -0.347. The zero-order valence-corrected chi connectivity index (χ0v) is 12.5. The van der Waals surface area contributed by atoms with Gasteiger partial charge in [0.1, 0.15) is 5.60 Å². The van der Waals surface area contributed by atoms with Crippen LogP contribution < -0.4 is 10.1 Å². The number of carbonyl (C=O) groups is 1. The van der Waals surface area contributed by atoms with Gasteiger partial charge in [-0.25, -0.2) is 4.39 Å². The van der Waals surface area contributed by atoms with Gasteiger partial charge in [-0.3, -0.25) is 4.79 Å². The van der Waals surface area contributed by atoms with Gasteiger partial charge in [0.05, 0.1) is 13.7 Å². The molecule has 4 nitrogen and oxygen atoms in total. The zero-order chi connectivity index (χ0) is 16.2. The van der Waals surface area contributed by atoms with Crippen LogP contribution in [0.5, 0.6) is 5.75 Å². The van der Waals surface area contributed by atoms with E-state index in [1.165, 1.54) is 19.2 Å². The van der Waals surface area contributed by atoms with Gasteiger partial charge in [-0.05, 0) is 30.7 Å². The lowest BCUT2D eigenvalue weighted by Gasteiger charge is -2.24. The monoisotopic (exact) mass is 303 g/mol. The molecule has 0 aliphatic rings. The van der Waals surface area contributed by atoms with Crippen molar-refractivity contribution < 1.29 is 19.0 Å². The van der Waals surface area contributed by atoms with Gasteiger partial charge >= 0.3 is 0 Å². The van der Waals surface area contributed by atoms with Gasteiger partial charge in [-0.2, -0.15) is 0 Å². The minimum Gasteiger partial charge on any atom is -0.494 e. The minimum absolute atomic E-state index is 0.0174. The van der Waals surface area contributed by atoms with Crippen molar-refractivity contribution in [2.24, 2.45) is 0 Å². The average molecular weight is 303 g/mol. The molecule has 0 fully saturated rings. The second-order valence-electron chi connectivity index (χ2n) is 5.17. The maximum absolute atomic E-state index is 13.6. The smallest absolute Gasteiger partial charge is 0.251 e. The lowest BCUT2D eigenvalue weighted by Crippen LogP contribution is -2.38. The third-order valence-corrected chi connectivity index (χ3v) is 3.40. The van der Waals surface area contributed by atoms with E-state index in [0.29, 0.717) is 5.56 Å². The first-order valence-corrected chi connectivity index (χ1v) is 6.83. The van der Waals surface area contributed by atoms with E-state index < -0.39 is 17.3 Å². The molecule has 2 aromatic rings. The summed E-state index contributed by atoms with van der Waals surface area (Å²) in [5.74, 6) is -0.990. The Morgan fingerprint density at radius 1 is 1.27 bits per heavy atom. The summed E-state index contributed by atoms with van der Waals surface area (Å²) in [5, 5.41) is 13.0. The van der Waals surface area contributed by atoms with Crippen LogP contribution in [0.3, 0.4) is 0 Å². The Balaban J connectivity index is 2.05. The third kappa shape index (κ3) is 3.62. The van der Waals surface area contributed by atoms with Crippen LogP contribution in [0.4, 0.5) is 4.39 Å². The van der Waals surface area contributed by atoms with Crippen molar-refractivity contribution in [2.75, 3.05) is 13.7 Å². The first-order valence-electron chi connectivity index (χ1n) is 6.83. The molecular formula is C17H18FNO3. The standard InChI is InChI=1S/C17H18FNO3/c1-17(21,13-6-4-3-5-7-13)11-19-16(20)12-8-9-15(22-2)14(18)10-12/h3-10,21H,11H2,1-2H3,(H,19,20). The van der Waals surface area contributed by atoms with E-state index in [1.54, 1.807) is 19.1 Å². The molecule has 0 saturated carbocycles. The van der Waals surface area contributed by atoms with Crippen LogP contribution >= 0.6 is 0 Å². The van der Waals surface area contributed by atoms with Crippen LogP contribution in [-0.4, -0.2) is 24.7 Å². The Morgan fingerprint density at radius 2 is 1.95 bits per heavy atom. The Hall–Kier alpha value is -2.40. The lowest BCUT2D eigenvalue weighted by molar-refractivity contribution is 0.0526. The minimum atomic E-state index is -1.21. The van der Waals surface area contributed by atoms with Crippen molar-refractivity contribution in [3.05, 3.63) is 65.5 Å². The molecule has 1 atom stereocenters. The highest BCUT2D eigenvalue weighted by atomic mass is 19.1. The molecule has 2 N–H and O–H groups in total. The summed E-state index contributed by atoms with van der Waals surface area (Å²) in [6.45, 7) is 1.63. The van der Waals surface area contributed by atoms with E-state index in [4.69, 9.17) is 4.74 Å². The summed E-state index contributed by atoms with van der Waals surface area (Å²) < 4.78 is 18.4. The first kappa shape index (κ1) is 16.0. The quantitative estimate of drug-likeness (QED) is 0.892. The van der Waals surface area contributed by atoms with Crippen LogP contribution in [0.2, 0.25) is 0 Å². The second-order valence-corrected chi connectivity index (χ2v) is 5.17. The second kappa shape index (κ2) is 6.58. The fourth-order valence-electron chi connectivity index (χ4n) is 2.06. The van der Waals surface area contributed by atoms with Crippen molar-refractivity contribution in [1.29, 1.82) is 0 Å². The zero-order valence-electron chi connectivity index (χ0n) is 12.5. The number of benzene rings is 2. The number of nitrogens with one attached hydrogen (secondary N) is 1. The first-order chi connectivity index (χ1) is 10.4. The van der Waals surface area contributed by atoms with Gasteiger partial charge in [-0.1, -0.05) is 30.3 Å². The number of hydrogen-bond acceptors (Lipinski definition) is 3. The molecule has 1 unspecified atom stereocenters. The summed E-state index contributed by atoms with van der Waals surface area (Å²) in [6, 6.07) is 13.0. The molecule has 0 aliphatic carbocycles. The summed E-state index contributed by atoms with van der Waals surface area (Å²) >= 11 is 0. The number of aliphatic hydroxyl groups is 1. The number of hydrogen-bond donors (Lipinski definition) is 2. The van der Waals surface area contributed by atoms with Crippen LogP contribution in [0, 0.1) is 5.82 Å². The molecule has 2 rings (SSSR count). The van der Waals surface area contributed by atoms with E-state index in [-0.39, 0.29) is 17.9 Å². The van der Waals surface area contributed by atoms with Crippen LogP contribution in [0.25, 0.3) is 0 Å². The van der Waals surface area contributed by atoms with Crippen molar-refractivity contribution in [3.63, 3.8) is 0 Å². The van der Waals surface area contributed by atoms with E-state index in [2.05, 4.69) is 5.32 Å². The molecule has 2 aromatic carbocycles. The number of amides is 1. The fraction of sp³-hybridized carbons (Fsp3) is 0.235. The summed E-state index contributed by atoms with van der Waals surface area (Å²) in [7, 11) is 1.36. The highest BCUT2D eigenvalue weighted by Gasteiger charge is 2.23. The number of carbonyl (C=O) groups excluding carboxylic acids is 1. The molecule has 5 heteroatoms. The van der Waals surface area contributed by atoms with Crippen molar-refractivity contribution in [1.82, 2.24) is 5.32 Å². The van der Waals surface area contributed by atoms with E-state index >= 15 is 0 Å². The highest BCUT2D eigenvalue weighted by molar-refractivity contribution is 5.94. The van der Waals surface area contributed by atoms with E-state index in [9.17, 15) is 14.3 Å². The van der Waals surface area contributed by atoms with Gasteiger partial charge in [0.15, 0.2) is 11.6 Å². The van der Waals surface area contributed by atoms with Crippen LogP contribution in [0.1, 0.15) is 22.8 Å². The maximum atomic E-state index is 13.6. The van der Waals surface area contributed by atoms with Gasteiger partial charge in [0.25, 0.3) is 5.91 Å². The molecule has 0 bridgehead atoms. The number of methoxy groups -OCH3 is 1. The normalized spacial score (nSPS) is 13.3. The highest BCUT2D eigenvalue weighted by Crippen LogP contribution is 2.20. The SMILES string of the molecule is COc1ccc(C(=O)NCC(C)(O)c2ccccc2)cc1F. The maximum Gasteiger partial charge on any atom is 0.251 e. The van der Waals surface area contributed by atoms with Gasteiger partial charge < -0.3 is 15.2 Å². The Kier molecular flexibility index (Phi) is 4.78. The molecule has 0 radical (unpaired) electrons. The summed E-state index contributed by atoms with van der Waals surface area (Å²) in [4.78, 5) is 12.0. The van der Waals surface area contributed by atoms with Crippen LogP contribution in [0.15, 0.2) is 48.5 Å². The predicted octanol–water partition coefficient (Wildman–Crippen LogP) is 2.47. The number of halogens is 1. The molecule has 22 heavy (non-hydrogen) atoms. The van der Waals surface area contributed by atoms with Gasteiger partial charge in [-0.15, -0.1) is 0 Å². The third-order valence-electron chi connectivity index (χ3n) is 3.40. The van der Waals surface area contributed by atoms with Gasteiger partial charge in [0, 0.05) is 5.56 Å². The Morgan fingerprint density at radius 3 is 2.55 bits per heavy atom. The lowest BCUT2D eigenvalue weighted by atomic mass is 9.96. The van der Waals surface area contributed by atoms with E-state index in [0.717, 1.165) is 6.07 Å².